The fourth-order valence-electron chi connectivity index (χ4n) is 1.12. The van der Waals surface area contributed by atoms with Gasteiger partial charge in [0.1, 0.15) is 0 Å². The predicted octanol–water partition coefficient (Wildman–Crippen LogP) is 3.43. The second-order valence-electron chi connectivity index (χ2n) is 5.74. The van der Waals surface area contributed by atoms with Crippen LogP contribution in [0.4, 0.5) is 5.69 Å². The molecule has 1 aromatic rings. The van der Waals surface area contributed by atoms with Gasteiger partial charge in [0.2, 0.25) is 0 Å². The minimum Gasteiger partial charge on any atom is -0.516 e. The van der Waals surface area contributed by atoms with E-state index in [2.05, 4.69) is 20.8 Å². The maximum Gasteiger partial charge on any atom is 0.326 e. The average molecular weight is 251 g/mol. The van der Waals surface area contributed by atoms with Gasteiger partial charge >= 0.3 is 5.97 Å². The van der Waals surface area contributed by atoms with Crippen LogP contribution in [-0.2, 0) is 4.43 Å². The van der Waals surface area contributed by atoms with Crippen molar-refractivity contribution in [3.05, 3.63) is 29.8 Å². The maximum absolute atomic E-state index is 12.1. The Morgan fingerprint density at radius 1 is 1.24 bits per heavy atom. The number of nitrogen functional groups attached to an aromatic ring is 1. The summed E-state index contributed by atoms with van der Waals surface area (Å²) in [6.45, 7) is 10.4. The Hall–Kier alpha value is -1.29. The Bertz CT molecular complexity index is 422. The third-order valence-electron chi connectivity index (χ3n) is 3.33. The molecule has 0 saturated carbocycles. The van der Waals surface area contributed by atoms with Crippen LogP contribution in [0.2, 0.25) is 18.1 Å². The number of nitrogens with two attached hydrogens (primary N) is 1. The Kier molecular flexibility index (Phi) is 3.67. The van der Waals surface area contributed by atoms with Crippen molar-refractivity contribution in [2.75, 3.05) is 5.73 Å². The fraction of sp³-hybridized carbons (Fsp3) is 0.462. The van der Waals surface area contributed by atoms with Crippen molar-refractivity contribution >= 4 is 20.0 Å². The number of carbonyl (C=O) groups excluding carboxylic acids is 1. The highest BCUT2D eigenvalue weighted by atomic mass is 28.4. The maximum atomic E-state index is 12.1. The van der Waals surface area contributed by atoms with Crippen LogP contribution in [0.1, 0.15) is 31.1 Å². The molecule has 3 nitrogen and oxygen atoms in total. The van der Waals surface area contributed by atoms with Crippen LogP contribution in [0.3, 0.4) is 0 Å². The van der Waals surface area contributed by atoms with Crippen LogP contribution in [0.25, 0.3) is 0 Å². The molecule has 0 aliphatic heterocycles. The third-order valence-corrected chi connectivity index (χ3v) is 7.64. The first kappa shape index (κ1) is 13.8. The molecular weight excluding hydrogens is 230 g/mol. The van der Waals surface area contributed by atoms with Gasteiger partial charge in [-0.15, -0.1) is 0 Å². The largest absolute Gasteiger partial charge is 0.516 e. The number of rotatable bonds is 2. The Labute approximate surface area is 104 Å². The molecule has 0 heterocycles. The van der Waals surface area contributed by atoms with Crippen molar-refractivity contribution in [1.29, 1.82) is 0 Å². The molecular formula is C13H21NO2Si. The molecule has 0 aliphatic carbocycles. The Balaban J connectivity index is 2.92. The molecule has 0 spiro atoms. The second kappa shape index (κ2) is 4.53. The third kappa shape index (κ3) is 3.09. The molecule has 0 unspecified atom stereocenters. The van der Waals surface area contributed by atoms with Gasteiger partial charge < -0.3 is 10.2 Å². The zero-order valence-corrected chi connectivity index (χ0v) is 12.2. The van der Waals surface area contributed by atoms with E-state index in [0.717, 1.165) is 0 Å². The normalized spacial score (nSPS) is 12.3. The highest BCUT2D eigenvalue weighted by molar-refractivity contribution is 6.75. The van der Waals surface area contributed by atoms with Crippen LogP contribution >= 0.6 is 0 Å². The highest BCUT2D eigenvalue weighted by Gasteiger charge is 2.40. The van der Waals surface area contributed by atoms with Gasteiger partial charge in [0.25, 0.3) is 8.32 Å². The summed E-state index contributed by atoms with van der Waals surface area (Å²) in [5.41, 5.74) is 6.69. The van der Waals surface area contributed by atoms with E-state index in [-0.39, 0.29) is 11.0 Å². The zero-order valence-electron chi connectivity index (χ0n) is 11.2. The Morgan fingerprint density at radius 2 is 1.76 bits per heavy atom. The molecule has 1 aromatic carbocycles. The topological polar surface area (TPSA) is 52.3 Å². The van der Waals surface area contributed by atoms with Gasteiger partial charge in [-0.05, 0) is 30.3 Å². The molecule has 0 saturated heterocycles. The summed E-state index contributed by atoms with van der Waals surface area (Å²) in [5, 5.41) is 0.00615. The smallest absolute Gasteiger partial charge is 0.326 e. The predicted molar refractivity (Wildman–Crippen MR) is 73.5 cm³/mol. The van der Waals surface area contributed by atoms with Gasteiger partial charge in [0, 0.05) is 5.69 Å². The molecule has 0 atom stereocenters. The fourth-order valence-corrected chi connectivity index (χ4v) is 2.00. The van der Waals surface area contributed by atoms with Crippen LogP contribution in [0, 0.1) is 0 Å². The molecule has 0 bridgehead atoms. The summed E-state index contributed by atoms with van der Waals surface area (Å²) in [5.74, 6) is -0.310. The standard InChI is InChI=1S/C13H21NO2Si/c1-13(2,3)17(4,5)16-12(15)10-8-6-7-9-11(10)14/h6-9H,14H2,1-5H3. The first-order chi connectivity index (χ1) is 7.65. The highest BCUT2D eigenvalue weighted by Crippen LogP contribution is 2.37. The minimum absolute atomic E-state index is 0.00615. The zero-order chi connectivity index (χ0) is 13.3. The second-order valence-corrected chi connectivity index (χ2v) is 10.5. The van der Waals surface area contributed by atoms with Crippen molar-refractivity contribution in [1.82, 2.24) is 0 Å². The van der Waals surface area contributed by atoms with E-state index in [1.54, 1.807) is 24.3 Å². The number of carbonyl (C=O) groups is 1. The summed E-state index contributed by atoms with van der Waals surface area (Å²) < 4.78 is 5.69. The molecule has 0 aliphatic rings. The van der Waals surface area contributed by atoms with Crippen molar-refractivity contribution in [2.45, 2.75) is 38.9 Å². The molecule has 2 N–H and O–H groups in total. The SMILES string of the molecule is CC(C)(C)[Si](C)(C)OC(=O)c1ccccc1N. The van der Waals surface area contributed by atoms with E-state index in [4.69, 9.17) is 10.2 Å². The van der Waals surface area contributed by atoms with E-state index in [1.807, 2.05) is 13.1 Å². The monoisotopic (exact) mass is 251 g/mol. The van der Waals surface area contributed by atoms with Gasteiger partial charge in [-0.25, -0.2) is 4.79 Å². The summed E-state index contributed by atoms with van der Waals surface area (Å²) in [4.78, 5) is 12.1. The van der Waals surface area contributed by atoms with Crippen LogP contribution < -0.4 is 5.73 Å². The molecule has 0 aromatic heterocycles. The van der Waals surface area contributed by atoms with Gasteiger partial charge in [0.15, 0.2) is 0 Å². The molecule has 94 valence electrons. The summed E-state index contributed by atoms with van der Waals surface area (Å²) >= 11 is 0. The number of hydrogen-bond donors (Lipinski definition) is 1. The summed E-state index contributed by atoms with van der Waals surface area (Å²) in [6, 6.07) is 7.00. The van der Waals surface area contributed by atoms with Gasteiger partial charge in [-0.1, -0.05) is 32.9 Å². The lowest BCUT2D eigenvalue weighted by molar-refractivity contribution is 0.0714. The van der Waals surface area contributed by atoms with E-state index < -0.39 is 8.32 Å². The number of para-hydroxylation sites is 1. The summed E-state index contributed by atoms with van der Waals surface area (Å²) in [7, 11) is -2.08. The van der Waals surface area contributed by atoms with E-state index in [9.17, 15) is 4.79 Å². The molecule has 0 radical (unpaired) electrons. The van der Waals surface area contributed by atoms with E-state index in [1.165, 1.54) is 0 Å². The van der Waals surface area contributed by atoms with Crippen molar-refractivity contribution in [3.63, 3.8) is 0 Å². The Morgan fingerprint density at radius 3 is 2.24 bits per heavy atom. The first-order valence-corrected chi connectivity index (χ1v) is 8.64. The lowest BCUT2D eigenvalue weighted by Gasteiger charge is -2.35. The van der Waals surface area contributed by atoms with Crippen molar-refractivity contribution in [2.24, 2.45) is 0 Å². The first-order valence-electron chi connectivity index (χ1n) is 5.73. The molecule has 4 heteroatoms. The number of benzene rings is 1. The number of anilines is 1. The van der Waals surface area contributed by atoms with E-state index >= 15 is 0 Å². The average Bonchev–Trinajstić information content (AvgIpc) is 2.15. The molecule has 1 rings (SSSR count). The lowest BCUT2D eigenvalue weighted by atomic mass is 10.2. The molecule has 0 amide bonds. The van der Waals surface area contributed by atoms with Crippen LogP contribution in [-0.4, -0.2) is 14.3 Å². The number of hydrogen-bond acceptors (Lipinski definition) is 3. The molecule has 17 heavy (non-hydrogen) atoms. The molecule has 0 fully saturated rings. The quantitative estimate of drug-likeness (QED) is 0.647. The lowest BCUT2D eigenvalue weighted by Crippen LogP contribution is -2.42. The van der Waals surface area contributed by atoms with Crippen LogP contribution in [0.15, 0.2) is 24.3 Å². The van der Waals surface area contributed by atoms with E-state index in [0.29, 0.717) is 11.3 Å². The minimum atomic E-state index is -2.08. The van der Waals surface area contributed by atoms with Crippen LogP contribution in [0.5, 0.6) is 0 Å². The van der Waals surface area contributed by atoms with Crippen molar-refractivity contribution in [3.8, 4) is 0 Å². The summed E-state index contributed by atoms with van der Waals surface area (Å²) in [6.07, 6.45) is 0. The van der Waals surface area contributed by atoms with Gasteiger partial charge in [-0.2, -0.15) is 0 Å². The van der Waals surface area contributed by atoms with Crippen molar-refractivity contribution < 1.29 is 9.22 Å². The van der Waals surface area contributed by atoms with Gasteiger partial charge in [0.05, 0.1) is 5.56 Å². The van der Waals surface area contributed by atoms with Gasteiger partial charge in [-0.3, -0.25) is 0 Å².